The zero-order chi connectivity index (χ0) is 12.7. The number of hydrogen-bond acceptors (Lipinski definition) is 4. The van der Waals surface area contributed by atoms with E-state index in [0.717, 1.165) is 11.2 Å². The lowest BCUT2D eigenvalue weighted by Crippen LogP contribution is -2.08. The second-order valence-corrected chi connectivity index (χ2v) is 4.40. The van der Waals surface area contributed by atoms with Gasteiger partial charge in [-0.3, -0.25) is 9.67 Å². The molecule has 7 heteroatoms. The molecule has 0 radical (unpaired) electrons. The van der Waals surface area contributed by atoms with Crippen molar-refractivity contribution in [1.82, 2.24) is 24.3 Å². The van der Waals surface area contributed by atoms with Crippen LogP contribution in [0.2, 0.25) is 5.02 Å². The Labute approximate surface area is 108 Å². The molecule has 0 aliphatic carbocycles. The van der Waals surface area contributed by atoms with Gasteiger partial charge in [0.2, 0.25) is 5.95 Å². The van der Waals surface area contributed by atoms with E-state index < -0.39 is 0 Å². The predicted molar refractivity (Wildman–Crippen MR) is 69.3 cm³/mol. The fourth-order valence-electron chi connectivity index (χ4n) is 1.94. The number of nitrogen functional groups attached to an aromatic ring is 1. The van der Waals surface area contributed by atoms with Crippen molar-refractivity contribution in [3.63, 3.8) is 0 Å². The fourth-order valence-corrected chi connectivity index (χ4v) is 2.20. The lowest BCUT2D eigenvalue weighted by molar-refractivity contribution is 0.678. The molecule has 0 fully saturated rings. The minimum Gasteiger partial charge on any atom is -0.369 e. The van der Waals surface area contributed by atoms with E-state index in [1.165, 1.54) is 0 Å². The molecule has 6 nitrogen and oxygen atoms in total. The highest BCUT2D eigenvalue weighted by Gasteiger charge is 2.13. The Morgan fingerprint density at radius 1 is 1.39 bits per heavy atom. The number of fused-ring (bicyclic) bond motifs is 1. The van der Waals surface area contributed by atoms with E-state index in [1.807, 2.05) is 17.7 Å². The Morgan fingerprint density at radius 2 is 2.22 bits per heavy atom. The Kier molecular flexibility index (Phi) is 2.45. The summed E-state index contributed by atoms with van der Waals surface area (Å²) in [6, 6.07) is 1.93. The van der Waals surface area contributed by atoms with Gasteiger partial charge in [-0.2, -0.15) is 5.10 Å². The SMILES string of the molecule is Cn1nccc1Cn1c(N)nc2cncc(Cl)c21. The fraction of sp³-hybridized carbons (Fsp3) is 0.182. The Hall–Kier alpha value is -2.08. The molecule has 0 saturated carbocycles. The maximum atomic E-state index is 6.15. The van der Waals surface area contributed by atoms with Crippen LogP contribution >= 0.6 is 11.6 Å². The summed E-state index contributed by atoms with van der Waals surface area (Å²) in [5, 5.41) is 4.67. The number of aryl methyl sites for hydroxylation is 1. The Bertz CT molecular complexity index is 713. The number of rotatable bonds is 2. The first-order valence-electron chi connectivity index (χ1n) is 5.39. The van der Waals surface area contributed by atoms with Crippen LogP contribution in [0.4, 0.5) is 5.95 Å². The number of imidazole rings is 1. The van der Waals surface area contributed by atoms with Gasteiger partial charge in [-0.25, -0.2) is 4.98 Å². The van der Waals surface area contributed by atoms with Crippen molar-refractivity contribution in [2.75, 3.05) is 5.73 Å². The topological polar surface area (TPSA) is 74.5 Å². The third kappa shape index (κ3) is 1.62. The molecule has 0 unspecified atom stereocenters. The maximum Gasteiger partial charge on any atom is 0.201 e. The lowest BCUT2D eigenvalue weighted by Gasteiger charge is -2.07. The molecule has 0 aromatic carbocycles. The first-order chi connectivity index (χ1) is 8.66. The quantitative estimate of drug-likeness (QED) is 0.758. The first kappa shape index (κ1) is 11.0. The second kappa shape index (κ2) is 3.99. The average Bonchev–Trinajstić information content (AvgIpc) is 2.86. The Morgan fingerprint density at radius 3 is 2.94 bits per heavy atom. The third-order valence-corrected chi connectivity index (χ3v) is 3.15. The smallest absolute Gasteiger partial charge is 0.201 e. The molecule has 0 saturated heterocycles. The summed E-state index contributed by atoms with van der Waals surface area (Å²) in [6.07, 6.45) is 4.98. The molecular weight excluding hydrogens is 252 g/mol. The number of aromatic nitrogens is 5. The van der Waals surface area contributed by atoms with Crippen LogP contribution in [0.1, 0.15) is 5.69 Å². The van der Waals surface area contributed by atoms with Crippen LogP contribution in [0.3, 0.4) is 0 Å². The molecule has 18 heavy (non-hydrogen) atoms. The van der Waals surface area contributed by atoms with Gasteiger partial charge in [0.15, 0.2) is 0 Å². The minimum atomic E-state index is 0.418. The summed E-state index contributed by atoms with van der Waals surface area (Å²) in [5.41, 5.74) is 8.44. The van der Waals surface area contributed by atoms with Crippen LogP contribution < -0.4 is 5.73 Å². The summed E-state index contributed by atoms with van der Waals surface area (Å²) in [6.45, 7) is 0.572. The highest BCUT2D eigenvalue weighted by Crippen LogP contribution is 2.25. The van der Waals surface area contributed by atoms with Crippen LogP contribution in [0, 0.1) is 0 Å². The van der Waals surface area contributed by atoms with Crippen molar-refractivity contribution in [2.45, 2.75) is 6.54 Å². The highest BCUT2D eigenvalue weighted by molar-refractivity contribution is 6.34. The lowest BCUT2D eigenvalue weighted by atomic mass is 10.3. The first-order valence-corrected chi connectivity index (χ1v) is 5.76. The molecule has 2 N–H and O–H groups in total. The third-order valence-electron chi connectivity index (χ3n) is 2.88. The van der Waals surface area contributed by atoms with Crippen LogP contribution in [0.5, 0.6) is 0 Å². The van der Waals surface area contributed by atoms with Gasteiger partial charge < -0.3 is 10.3 Å². The summed E-state index contributed by atoms with van der Waals surface area (Å²) in [7, 11) is 1.88. The second-order valence-electron chi connectivity index (χ2n) is 3.99. The largest absolute Gasteiger partial charge is 0.369 e. The van der Waals surface area contributed by atoms with E-state index in [-0.39, 0.29) is 0 Å². The number of halogens is 1. The summed E-state index contributed by atoms with van der Waals surface area (Å²) >= 11 is 6.15. The molecule has 0 amide bonds. The van der Waals surface area contributed by atoms with Gasteiger partial charge in [-0.05, 0) is 6.07 Å². The van der Waals surface area contributed by atoms with Crippen LogP contribution in [-0.2, 0) is 13.6 Å². The van der Waals surface area contributed by atoms with E-state index in [9.17, 15) is 0 Å². The van der Waals surface area contributed by atoms with Crippen LogP contribution in [0.25, 0.3) is 11.0 Å². The molecule has 0 aliphatic heterocycles. The monoisotopic (exact) mass is 262 g/mol. The van der Waals surface area contributed by atoms with E-state index in [4.69, 9.17) is 17.3 Å². The molecule has 3 aromatic heterocycles. The molecule has 92 valence electrons. The standard InChI is InChI=1S/C11H11ClN6/c1-17-7(2-3-15-17)6-18-10-8(12)4-14-5-9(10)16-11(18)13/h2-5H,6H2,1H3,(H2,13,16). The van der Waals surface area contributed by atoms with Crippen LogP contribution in [-0.4, -0.2) is 24.3 Å². The van der Waals surface area contributed by atoms with Gasteiger partial charge in [0.05, 0.1) is 29.0 Å². The molecule has 3 rings (SSSR count). The van der Waals surface area contributed by atoms with E-state index >= 15 is 0 Å². The van der Waals surface area contributed by atoms with Crippen LogP contribution in [0.15, 0.2) is 24.7 Å². The number of anilines is 1. The minimum absolute atomic E-state index is 0.418. The molecule has 0 spiro atoms. The average molecular weight is 263 g/mol. The normalized spacial score (nSPS) is 11.2. The van der Waals surface area contributed by atoms with Gasteiger partial charge in [0.25, 0.3) is 0 Å². The predicted octanol–water partition coefficient (Wildman–Crippen LogP) is 1.45. The molecule has 3 heterocycles. The van der Waals surface area contributed by atoms with E-state index in [2.05, 4.69) is 15.1 Å². The molecule has 0 aliphatic rings. The Balaban J connectivity index is 2.17. The molecular formula is C11H11ClN6. The zero-order valence-corrected chi connectivity index (χ0v) is 10.5. The van der Waals surface area contributed by atoms with Crippen molar-refractivity contribution in [1.29, 1.82) is 0 Å². The molecule has 0 atom stereocenters. The van der Waals surface area contributed by atoms with Crippen molar-refractivity contribution in [3.05, 3.63) is 35.4 Å². The number of nitrogens with zero attached hydrogens (tertiary/aromatic N) is 5. The summed E-state index contributed by atoms with van der Waals surface area (Å²) < 4.78 is 3.65. The molecule has 0 bridgehead atoms. The van der Waals surface area contributed by atoms with Crippen molar-refractivity contribution in [3.8, 4) is 0 Å². The van der Waals surface area contributed by atoms with E-state index in [1.54, 1.807) is 23.3 Å². The van der Waals surface area contributed by atoms with E-state index in [0.29, 0.717) is 23.0 Å². The molecule has 3 aromatic rings. The highest BCUT2D eigenvalue weighted by atomic mass is 35.5. The van der Waals surface area contributed by atoms with Crippen molar-refractivity contribution >= 4 is 28.6 Å². The van der Waals surface area contributed by atoms with Crippen molar-refractivity contribution in [2.24, 2.45) is 7.05 Å². The van der Waals surface area contributed by atoms with Gasteiger partial charge in [0, 0.05) is 19.4 Å². The van der Waals surface area contributed by atoms with Gasteiger partial charge in [-0.15, -0.1) is 0 Å². The van der Waals surface area contributed by atoms with Gasteiger partial charge >= 0.3 is 0 Å². The van der Waals surface area contributed by atoms with Crippen molar-refractivity contribution < 1.29 is 0 Å². The zero-order valence-electron chi connectivity index (χ0n) is 9.71. The maximum absolute atomic E-state index is 6.15. The summed E-state index contributed by atoms with van der Waals surface area (Å²) in [4.78, 5) is 8.25. The summed E-state index contributed by atoms with van der Waals surface area (Å²) in [5.74, 6) is 0.418. The van der Waals surface area contributed by atoms with Gasteiger partial charge in [-0.1, -0.05) is 11.6 Å². The number of pyridine rings is 1. The number of hydrogen-bond donors (Lipinski definition) is 1. The van der Waals surface area contributed by atoms with Gasteiger partial charge in [0.1, 0.15) is 5.52 Å². The number of nitrogens with two attached hydrogens (primary N) is 1.